The van der Waals surface area contributed by atoms with Crippen LogP contribution in [0.4, 0.5) is 0 Å². The molecule has 0 N–H and O–H groups in total. The quantitative estimate of drug-likeness (QED) is 0.315. The highest BCUT2D eigenvalue weighted by molar-refractivity contribution is 7.73. The molecule has 0 aromatic heterocycles. The maximum atomic E-state index is 2.30. The van der Waals surface area contributed by atoms with E-state index in [2.05, 4.69) is 97.1 Å². The molecule has 0 saturated carbocycles. The zero-order chi connectivity index (χ0) is 16.9. The minimum Gasteiger partial charge on any atom is -0.148 e. The average molecular weight is 341 g/mol. The molecule has 25 heavy (non-hydrogen) atoms. The third kappa shape index (κ3) is 3.70. The van der Waals surface area contributed by atoms with E-state index in [0.29, 0.717) is 0 Å². The van der Waals surface area contributed by atoms with Gasteiger partial charge in [-0.05, 0) is 24.7 Å². The average Bonchev–Trinajstić information content (AvgIpc) is 3.10. The van der Waals surface area contributed by atoms with Crippen molar-refractivity contribution < 1.29 is 0 Å². The summed E-state index contributed by atoms with van der Waals surface area (Å²) in [5.41, 5.74) is 1.49. The maximum Gasteiger partial charge on any atom is -0.0195 e. The second-order valence-corrected chi connectivity index (χ2v) is 8.71. The van der Waals surface area contributed by atoms with Crippen LogP contribution in [0.3, 0.4) is 0 Å². The second-order valence-electron chi connectivity index (χ2n) is 6.37. The first-order valence-corrected chi connectivity index (χ1v) is 10.5. The van der Waals surface area contributed by atoms with Gasteiger partial charge in [0.1, 0.15) is 0 Å². The highest BCUT2D eigenvalue weighted by atomic mass is 31.1. The molecule has 0 unspecified atom stereocenters. The summed E-state index contributed by atoms with van der Waals surface area (Å²) in [4.78, 5) is 0. The molecular weight excluding hydrogens is 319 g/mol. The molecule has 4 aromatic carbocycles. The molecule has 4 aromatic rings. The molecule has 0 atom stereocenters. The Bertz CT molecular complexity index is 882. The van der Waals surface area contributed by atoms with Crippen LogP contribution in [0.5, 0.6) is 0 Å². The lowest BCUT2D eigenvalue weighted by molar-refractivity contribution is 0.940. The molecular formula is C24H22P-. The summed E-state index contributed by atoms with van der Waals surface area (Å²) in [6.07, 6.45) is 3.62. The topological polar surface area (TPSA) is 0 Å². The summed E-state index contributed by atoms with van der Waals surface area (Å²) >= 11 is 0. The second kappa shape index (κ2) is 7.72. The standard InChI is InChI=1S/C24H22P/c1-3-12-22(13-4-1)25(23-14-5-2-6-15-23)19-9-11-21-18-17-20-10-7-8-16-24(20)21/h1-8,10,12-18H,9,11,19H2/q-1. The van der Waals surface area contributed by atoms with Crippen molar-refractivity contribution in [3.63, 3.8) is 0 Å². The summed E-state index contributed by atoms with van der Waals surface area (Å²) in [6.45, 7) is 0. The minimum absolute atomic E-state index is 0.276. The molecule has 0 amide bonds. The van der Waals surface area contributed by atoms with E-state index in [1.165, 1.54) is 39.5 Å². The zero-order valence-electron chi connectivity index (χ0n) is 14.3. The van der Waals surface area contributed by atoms with Crippen molar-refractivity contribution in [1.82, 2.24) is 0 Å². The molecule has 0 heterocycles. The molecule has 0 radical (unpaired) electrons. The van der Waals surface area contributed by atoms with Gasteiger partial charge in [-0.3, -0.25) is 0 Å². The van der Waals surface area contributed by atoms with Crippen molar-refractivity contribution in [3.05, 3.63) is 103 Å². The van der Waals surface area contributed by atoms with Gasteiger partial charge in [0.05, 0.1) is 0 Å². The van der Waals surface area contributed by atoms with Crippen LogP contribution < -0.4 is 10.6 Å². The lowest BCUT2D eigenvalue weighted by Crippen LogP contribution is -2.14. The van der Waals surface area contributed by atoms with Crippen molar-refractivity contribution in [3.8, 4) is 0 Å². The first kappa shape index (κ1) is 16.2. The van der Waals surface area contributed by atoms with E-state index in [9.17, 15) is 0 Å². The molecule has 124 valence electrons. The van der Waals surface area contributed by atoms with Crippen LogP contribution in [0, 0.1) is 0 Å². The SMILES string of the molecule is c1ccc(P(CCCc2cc[c-]3ccccc23)c2ccccc2)cc1. The van der Waals surface area contributed by atoms with E-state index >= 15 is 0 Å². The third-order valence-corrected chi connectivity index (χ3v) is 7.34. The monoisotopic (exact) mass is 341 g/mol. The fourth-order valence-electron chi connectivity index (χ4n) is 3.48. The van der Waals surface area contributed by atoms with Gasteiger partial charge in [0.15, 0.2) is 0 Å². The zero-order valence-corrected chi connectivity index (χ0v) is 15.2. The first-order valence-electron chi connectivity index (χ1n) is 8.93. The Morgan fingerprint density at radius 3 is 1.96 bits per heavy atom. The van der Waals surface area contributed by atoms with Gasteiger partial charge >= 0.3 is 0 Å². The first-order chi connectivity index (χ1) is 12.4. The van der Waals surface area contributed by atoms with Crippen LogP contribution in [0.2, 0.25) is 0 Å². The van der Waals surface area contributed by atoms with Crippen LogP contribution in [0.25, 0.3) is 10.8 Å². The van der Waals surface area contributed by atoms with E-state index in [1.54, 1.807) is 0 Å². The summed E-state index contributed by atoms with van der Waals surface area (Å²) < 4.78 is 0. The molecule has 0 fully saturated rings. The Labute approximate surface area is 151 Å². The largest absolute Gasteiger partial charge is 0.148 e. The predicted molar refractivity (Wildman–Crippen MR) is 112 cm³/mol. The minimum atomic E-state index is -0.276. The molecule has 0 spiro atoms. The lowest BCUT2D eigenvalue weighted by atomic mass is 10.1. The van der Waals surface area contributed by atoms with Gasteiger partial charge in [0.2, 0.25) is 0 Å². The van der Waals surface area contributed by atoms with Gasteiger partial charge in [0, 0.05) is 0 Å². The Balaban J connectivity index is 1.51. The summed E-state index contributed by atoms with van der Waals surface area (Å²) in [7, 11) is -0.276. The van der Waals surface area contributed by atoms with Gasteiger partial charge in [-0.1, -0.05) is 78.9 Å². The van der Waals surface area contributed by atoms with E-state index in [4.69, 9.17) is 0 Å². The highest BCUT2D eigenvalue weighted by Crippen LogP contribution is 2.35. The number of aryl methyl sites for hydroxylation is 1. The van der Waals surface area contributed by atoms with Gasteiger partial charge in [-0.25, -0.2) is 0 Å². The molecule has 1 heteroatoms. The number of hydrogen-bond acceptors (Lipinski definition) is 0. The van der Waals surface area contributed by atoms with Crippen LogP contribution >= 0.6 is 7.92 Å². The number of benzene rings is 3. The summed E-state index contributed by atoms with van der Waals surface area (Å²) in [5.74, 6) is 0. The van der Waals surface area contributed by atoms with Crippen LogP contribution in [0.15, 0.2) is 97.1 Å². The summed E-state index contributed by atoms with van der Waals surface area (Å²) in [5, 5.41) is 5.75. The number of hydrogen-bond donors (Lipinski definition) is 0. The molecule has 0 aliphatic carbocycles. The van der Waals surface area contributed by atoms with Crippen LogP contribution in [0.1, 0.15) is 12.0 Å². The highest BCUT2D eigenvalue weighted by Gasteiger charge is 2.12. The lowest BCUT2D eigenvalue weighted by Gasteiger charge is -2.19. The van der Waals surface area contributed by atoms with Gasteiger partial charge in [-0.2, -0.15) is 0 Å². The van der Waals surface area contributed by atoms with Crippen LogP contribution in [-0.4, -0.2) is 6.16 Å². The molecule has 0 bridgehead atoms. The molecule has 0 aliphatic rings. The van der Waals surface area contributed by atoms with E-state index < -0.39 is 0 Å². The molecule has 0 saturated heterocycles. The third-order valence-electron chi connectivity index (χ3n) is 4.73. The van der Waals surface area contributed by atoms with Crippen LogP contribution in [-0.2, 0) is 6.42 Å². The fraction of sp³-hybridized carbons (Fsp3) is 0.125. The Morgan fingerprint density at radius 2 is 1.28 bits per heavy atom. The van der Waals surface area contributed by atoms with Crippen molar-refractivity contribution in [2.75, 3.05) is 6.16 Å². The van der Waals surface area contributed by atoms with E-state index in [0.717, 1.165) is 6.42 Å². The number of fused-ring (bicyclic) bond motifs is 1. The van der Waals surface area contributed by atoms with Gasteiger partial charge in [0.25, 0.3) is 0 Å². The number of rotatable bonds is 6. The molecule has 0 aliphatic heterocycles. The van der Waals surface area contributed by atoms with Crippen molar-refractivity contribution in [2.45, 2.75) is 12.8 Å². The van der Waals surface area contributed by atoms with E-state index in [1.807, 2.05) is 0 Å². The van der Waals surface area contributed by atoms with Crippen molar-refractivity contribution >= 4 is 29.3 Å². The normalized spacial score (nSPS) is 11.2. The van der Waals surface area contributed by atoms with Gasteiger partial charge < -0.3 is 0 Å². The Morgan fingerprint density at radius 1 is 0.640 bits per heavy atom. The molecule has 0 nitrogen and oxygen atoms in total. The maximum absolute atomic E-state index is 2.30. The fourth-order valence-corrected chi connectivity index (χ4v) is 5.84. The van der Waals surface area contributed by atoms with Crippen molar-refractivity contribution in [2.24, 2.45) is 0 Å². The van der Waals surface area contributed by atoms with Crippen molar-refractivity contribution in [1.29, 1.82) is 0 Å². The predicted octanol–water partition coefficient (Wildman–Crippen LogP) is 5.62. The Kier molecular flexibility index (Phi) is 5.00. The van der Waals surface area contributed by atoms with E-state index in [-0.39, 0.29) is 7.92 Å². The summed E-state index contributed by atoms with van der Waals surface area (Å²) in [6, 6.07) is 35.3. The molecule has 4 rings (SSSR count). The van der Waals surface area contributed by atoms with Gasteiger partial charge in [-0.15, -0.1) is 47.3 Å². The smallest absolute Gasteiger partial charge is 0.0195 e. The Hall–Kier alpha value is -2.30.